The third kappa shape index (κ3) is 4.70. The molecule has 112 valence electrons. The predicted molar refractivity (Wildman–Crippen MR) is 78.2 cm³/mol. The van der Waals surface area contributed by atoms with Crippen molar-refractivity contribution in [3.05, 3.63) is 28.3 Å². The average Bonchev–Trinajstić information content (AvgIpc) is 2.35. The van der Waals surface area contributed by atoms with Gasteiger partial charge in [0, 0.05) is 6.54 Å². The van der Waals surface area contributed by atoms with Gasteiger partial charge in [0.15, 0.2) is 5.75 Å². The lowest BCUT2D eigenvalue weighted by Gasteiger charge is -2.15. The fourth-order valence-electron chi connectivity index (χ4n) is 1.98. The maximum Gasteiger partial charge on any atom is 0.333 e. The number of aliphatic hydroxyl groups is 1. The predicted octanol–water partition coefficient (Wildman–Crippen LogP) is 2.81. The quantitative estimate of drug-likeness (QED) is 0.565. The molecule has 0 aliphatic heterocycles. The first-order chi connectivity index (χ1) is 9.45. The number of nitro groups is 1. The molecule has 1 aromatic carbocycles. The highest BCUT2D eigenvalue weighted by molar-refractivity contribution is 5.68. The fraction of sp³-hybridized carbons (Fsp3) is 0.571. The zero-order valence-corrected chi connectivity index (χ0v) is 12.1. The van der Waals surface area contributed by atoms with Crippen LogP contribution in [0.15, 0.2) is 18.2 Å². The molecule has 0 saturated heterocycles. The SMILES string of the molecule is CCOc1cccc(NCC(O)CC(C)C)c1[N+](=O)[O-]. The van der Waals surface area contributed by atoms with E-state index in [1.165, 1.54) is 0 Å². The molecule has 0 aliphatic carbocycles. The largest absolute Gasteiger partial charge is 0.487 e. The third-order valence-corrected chi connectivity index (χ3v) is 2.75. The number of hydrogen-bond acceptors (Lipinski definition) is 5. The van der Waals surface area contributed by atoms with E-state index in [2.05, 4.69) is 5.32 Å². The van der Waals surface area contributed by atoms with Crippen LogP contribution >= 0.6 is 0 Å². The van der Waals surface area contributed by atoms with E-state index in [0.29, 0.717) is 24.6 Å². The van der Waals surface area contributed by atoms with Gasteiger partial charge < -0.3 is 15.2 Å². The van der Waals surface area contributed by atoms with Gasteiger partial charge in [0.2, 0.25) is 0 Å². The van der Waals surface area contributed by atoms with Gasteiger partial charge in [-0.2, -0.15) is 0 Å². The number of anilines is 1. The maximum absolute atomic E-state index is 11.2. The first-order valence-corrected chi connectivity index (χ1v) is 6.77. The molecule has 0 saturated carbocycles. The lowest BCUT2D eigenvalue weighted by molar-refractivity contribution is -0.384. The summed E-state index contributed by atoms with van der Waals surface area (Å²) in [6, 6.07) is 4.87. The molecule has 0 heterocycles. The number of aliphatic hydroxyl groups excluding tert-OH is 1. The number of ether oxygens (including phenoxy) is 1. The summed E-state index contributed by atoms with van der Waals surface area (Å²) < 4.78 is 5.27. The summed E-state index contributed by atoms with van der Waals surface area (Å²) in [5.74, 6) is 0.609. The highest BCUT2D eigenvalue weighted by atomic mass is 16.6. The molecule has 1 rings (SSSR count). The molecule has 6 heteroatoms. The number of rotatable bonds is 8. The minimum atomic E-state index is -0.537. The van der Waals surface area contributed by atoms with Crippen LogP contribution in [0.25, 0.3) is 0 Å². The summed E-state index contributed by atoms with van der Waals surface area (Å²) >= 11 is 0. The molecular weight excluding hydrogens is 260 g/mol. The number of nitrogens with zero attached hydrogens (tertiary/aromatic N) is 1. The van der Waals surface area contributed by atoms with E-state index in [1.54, 1.807) is 25.1 Å². The molecule has 0 fully saturated rings. The van der Waals surface area contributed by atoms with Crippen LogP contribution in [-0.4, -0.2) is 29.3 Å². The summed E-state index contributed by atoms with van der Waals surface area (Å²) in [7, 11) is 0. The van der Waals surface area contributed by atoms with Crippen molar-refractivity contribution in [2.45, 2.75) is 33.3 Å². The van der Waals surface area contributed by atoms with Gasteiger partial charge >= 0.3 is 5.69 Å². The Labute approximate surface area is 118 Å². The molecular formula is C14H22N2O4. The lowest BCUT2D eigenvalue weighted by Crippen LogP contribution is -2.21. The van der Waals surface area contributed by atoms with Gasteiger partial charge in [-0.3, -0.25) is 10.1 Å². The first-order valence-electron chi connectivity index (χ1n) is 6.77. The molecule has 0 spiro atoms. The van der Waals surface area contributed by atoms with Gasteiger partial charge in [-0.15, -0.1) is 0 Å². The molecule has 1 unspecified atom stereocenters. The Balaban J connectivity index is 2.83. The second-order valence-electron chi connectivity index (χ2n) is 5.01. The van der Waals surface area contributed by atoms with E-state index in [4.69, 9.17) is 4.74 Å². The minimum absolute atomic E-state index is 0.0916. The van der Waals surface area contributed by atoms with Crippen molar-refractivity contribution in [2.24, 2.45) is 5.92 Å². The number of nitrogens with one attached hydrogen (secondary N) is 1. The van der Waals surface area contributed by atoms with Crippen molar-refractivity contribution in [1.82, 2.24) is 0 Å². The second-order valence-corrected chi connectivity index (χ2v) is 5.01. The van der Waals surface area contributed by atoms with Gasteiger partial charge in [-0.05, 0) is 31.4 Å². The van der Waals surface area contributed by atoms with Crippen LogP contribution in [0.5, 0.6) is 5.75 Å². The molecule has 2 N–H and O–H groups in total. The molecule has 0 amide bonds. The molecule has 1 atom stereocenters. The van der Waals surface area contributed by atoms with Gasteiger partial charge in [-0.25, -0.2) is 0 Å². The number of hydrogen-bond donors (Lipinski definition) is 2. The Hall–Kier alpha value is -1.82. The van der Waals surface area contributed by atoms with Crippen molar-refractivity contribution < 1.29 is 14.8 Å². The summed E-state index contributed by atoms with van der Waals surface area (Å²) in [5.41, 5.74) is 0.273. The van der Waals surface area contributed by atoms with Gasteiger partial charge in [0.05, 0.1) is 17.6 Å². The van der Waals surface area contributed by atoms with Gasteiger partial charge in [-0.1, -0.05) is 19.9 Å². The highest BCUT2D eigenvalue weighted by Crippen LogP contribution is 2.34. The van der Waals surface area contributed by atoms with Crippen LogP contribution in [0.2, 0.25) is 0 Å². The van der Waals surface area contributed by atoms with Crippen molar-refractivity contribution >= 4 is 11.4 Å². The summed E-state index contributed by atoms with van der Waals surface area (Å²) in [5, 5.41) is 23.9. The zero-order chi connectivity index (χ0) is 15.1. The van der Waals surface area contributed by atoms with Crippen LogP contribution in [0.4, 0.5) is 11.4 Å². The van der Waals surface area contributed by atoms with Gasteiger partial charge in [0.1, 0.15) is 5.69 Å². The maximum atomic E-state index is 11.2. The normalized spacial score (nSPS) is 12.2. The lowest BCUT2D eigenvalue weighted by atomic mass is 10.1. The smallest absolute Gasteiger partial charge is 0.333 e. The molecule has 1 aromatic rings. The van der Waals surface area contributed by atoms with Crippen LogP contribution in [0.3, 0.4) is 0 Å². The highest BCUT2D eigenvalue weighted by Gasteiger charge is 2.21. The molecule has 0 bridgehead atoms. The van der Waals surface area contributed by atoms with Crippen molar-refractivity contribution in [1.29, 1.82) is 0 Å². The minimum Gasteiger partial charge on any atom is -0.487 e. The standard InChI is InChI=1S/C14H22N2O4/c1-4-20-13-7-5-6-12(14(13)16(18)19)15-9-11(17)8-10(2)3/h5-7,10-11,15,17H,4,8-9H2,1-3H3. The first kappa shape index (κ1) is 16.2. The third-order valence-electron chi connectivity index (χ3n) is 2.75. The van der Waals surface area contributed by atoms with Crippen LogP contribution in [0, 0.1) is 16.0 Å². The second kappa shape index (κ2) is 7.69. The summed E-state index contributed by atoms with van der Waals surface area (Å²) in [6.45, 7) is 6.44. The van der Waals surface area contributed by atoms with Crippen molar-refractivity contribution in [3.8, 4) is 5.75 Å². The average molecular weight is 282 g/mol. The Kier molecular flexibility index (Phi) is 6.24. The monoisotopic (exact) mass is 282 g/mol. The number of para-hydroxylation sites is 1. The van der Waals surface area contributed by atoms with Crippen LogP contribution < -0.4 is 10.1 Å². The van der Waals surface area contributed by atoms with Crippen LogP contribution in [-0.2, 0) is 0 Å². The van der Waals surface area contributed by atoms with E-state index in [9.17, 15) is 15.2 Å². The van der Waals surface area contributed by atoms with E-state index in [0.717, 1.165) is 0 Å². The molecule has 0 aromatic heterocycles. The van der Waals surface area contributed by atoms with Crippen LogP contribution in [0.1, 0.15) is 27.2 Å². The molecule has 6 nitrogen and oxygen atoms in total. The Morgan fingerprint density at radius 1 is 1.45 bits per heavy atom. The number of benzene rings is 1. The molecule has 20 heavy (non-hydrogen) atoms. The Morgan fingerprint density at radius 2 is 2.15 bits per heavy atom. The Bertz CT molecular complexity index is 449. The van der Waals surface area contributed by atoms with Gasteiger partial charge in [0.25, 0.3) is 0 Å². The van der Waals surface area contributed by atoms with Crippen molar-refractivity contribution in [3.63, 3.8) is 0 Å². The van der Waals surface area contributed by atoms with E-state index < -0.39 is 11.0 Å². The van der Waals surface area contributed by atoms with E-state index in [1.807, 2.05) is 13.8 Å². The summed E-state index contributed by atoms with van der Waals surface area (Å²) in [4.78, 5) is 10.7. The summed E-state index contributed by atoms with van der Waals surface area (Å²) in [6.07, 6.45) is 0.108. The topological polar surface area (TPSA) is 84.6 Å². The molecule has 0 aliphatic rings. The zero-order valence-electron chi connectivity index (χ0n) is 12.1. The van der Waals surface area contributed by atoms with E-state index >= 15 is 0 Å². The Morgan fingerprint density at radius 3 is 2.70 bits per heavy atom. The van der Waals surface area contributed by atoms with Crippen molar-refractivity contribution in [2.75, 3.05) is 18.5 Å². The fourth-order valence-corrected chi connectivity index (χ4v) is 1.98. The number of nitro benzene ring substituents is 1. The molecule has 0 radical (unpaired) electrons. The van der Waals surface area contributed by atoms with E-state index in [-0.39, 0.29) is 18.0 Å².